The second-order valence-electron chi connectivity index (χ2n) is 5.89. The summed E-state index contributed by atoms with van der Waals surface area (Å²) in [6.45, 7) is 3.71. The van der Waals surface area contributed by atoms with Gasteiger partial charge in [-0.2, -0.15) is 0 Å². The van der Waals surface area contributed by atoms with Crippen LogP contribution in [-0.4, -0.2) is 29.6 Å². The number of benzene rings is 1. The van der Waals surface area contributed by atoms with Crippen LogP contribution in [0.15, 0.2) is 53.5 Å². The van der Waals surface area contributed by atoms with Crippen LogP contribution in [0.4, 0.5) is 5.69 Å². The van der Waals surface area contributed by atoms with E-state index in [2.05, 4.69) is 35.3 Å². The Morgan fingerprint density at radius 1 is 1.22 bits per heavy atom. The van der Waals surface area contributed by atoms with Gasteiger partial charge in [0.1, 0.15) is 6.54 Å². The lowest BCUT2D eigenvalue weighted by atomic mass is 10.2. The predicted molar refractivity (Wildman–Crippen MR) is 90.7 cm³/mol. The number of nitrogens with one attached hydrogen (secondary N) is 1. The summed E-state index contributed by atoms with van der Waals surface area (Å²) in [6.07, 6.45) is 2.68. The van der Waals surface area contributed by atoms with Gasteiger partial charge in [0.15, 0.2) is 0 Å². The van der Waals surface area contributed by atoms with Crippen molar-refractivity contribution in [3.63, 3.8) is 0 Å². The van der Waals surface area contributed by atoms with Crippen molar-refractivity contribution < 1.29 is 4.79 Å². The number of para-hydroxylation sites is 1. The third kappa shape index (κ3) is 3.44. The average molecular weight is 311 g/mol. The number of hydrogen-bond acceptors (Lipinski definition) is 3. The fourth-order valence-corrected chi connectivity index (χ4v) is 3.00. The van der Waals surface area contributed by atoms with Crippen molar-refractivity contribution in [2.24, 2.45) is 0 Å². The monoisotopic (exact) mass is 311 g/mol. The summed E-state index contributed by atoms with van der Waals surface area (Å²) >= 11 is 0. The van der Waals surface area contributed by atoms with Crippen molar-refractivity contribution in [2.75, 3.05) is 18.0 Å². The Morgan fingerprint density at radius 2 is 2.00 bits per heavy atom. The Labute approximate surface area is 135 Å². The Hall–Kier alpha value is -2.56. The molecule has 23 heavy (non-hydrogen) atoms. The molecule has 2 aromatic rings. The zero-order valence-electron chi connectivity index (χ0n) is 13.2. The van der Waals surface area contributed by atoms with Crippen molar-refractivity contribution in [3.8, 4) is 0 Å². The summed E-state index contributed by atoms with van der Waals surface area (Å²) in [5, 5.41) is 2.93. The molecule has 3 rings (SSSR count). The second kappa shape index (κ2) is 6.69. The third-order valence-electron chi connectivity index (χ3n) is 4.26. The van der Waals surface area contributed by atoms with Crippen LogP contribution in [0, 0.1) is 0 Å². The SMILES string of the molecule is CC(CNC(=O)Cn1ccccc1=O)N1CCc2ccccc21. The minimum absolute atomic E-state index is 0.0585. The van der Waals surface area contributed by atoms with Crippen LogP contribution in [0.5, 0.6) is 0 Å². The van der Waals surface area contributed by atoms with Gasteiger partial charge in [0.05, 0.1) is 0 Å². The van der Waals surface area contributed by atoms with E-state index in [4.69, 9.17) is 0 Å². The molecule has 0 aliphatic carbocycles. The van der Waals surface area contributed by atoms with Crippen LogP contribution in [0.2, 0.25) is 0 Å². The number of anilines is 1. The molecule has 1 aromatic carbocycles. The van der Waals surface area contributed by atoms with E-state index >= 15 is 0 Å². The quantitative estimate of drug-likeness (QED) is 0.908. The van der Waals surface area contributed by atoms with Gasteiger partial charge in [-0.3, -0.25) is 9.59 Å². The first-order valence-corrected chi connectivity index (χ1v) is 7.92. The van der Waals surface area contributed by atoms with Gasteiger partial charge in [-0.25, -0.2) is 0 Å². The van der Waals surface area contributed by atoms with Gasteiger partial charge >= 0.3 is 0 Å². The molecule has 0 saturated carbocycles. The first-order valence-electron chi connectivity index (χ1n) is 7.92. The molecule has 0 bridgehead atoms. The largest absolute Gasteiger partial charge is 0.366 e. The summed E-state index contributed by atoms with van der Waals surface area (Å²) in [6, 6.07) is 13.5. The number of aromatic nitrogens is 1. The number of pyridine rings is 1. The highest BCUT2D eigenvalue weighted by Gasteiger charge is 2.23. The summed E-state index contributed by atoms with van der Waals surface area (Å²) in [5.41, 5.74) is 2.46. The summed E-state index contributed by atoms with van der Waals surface area (Å²) in [7, 11) is 0. The molecule has 120 valence electrons. The molecule has 1 amide bonds. The van der Waals surface area contributed by atoms with Crippen LogP contribution in [0.3, 0.4) is 0 Å². The van der Waals surface area contributed by atoms with Gasteiger partial charge in [-0.15, -0.1) is 0 Å². The van der Waals surface area contributed by atoms with E-state index in [9.17, 15) is 9.59 Å². The number of carbonyl (C=O) groups is 1. The van der Waals surface area contributed by atoms with E-state index in [-0.39, 0.29) is 24.1 Å². The fraction of sp³-hybridized carbons (Fsp3) is 0.333. The molecule has 1 aliphatic heterocycles. The topological polar surface area (TPSA) is 54.3 Å². The highest BCUT2D eigenvalue weighted by atomic mass is 16.2. The Kier molecular flexibility index (Phi) is 4.46. The Morgan fingerprint density at radius 3 is 2.83 bits per heavy atom. The van der Waals surface area contributed by atoms with Crippen LogP contribution >= 0.6 is 0 Å². The van der Waals surface area contributed by atoms with Crippen LogP contribution < -0.4 is 15.8 Å². The minimum Gasteiger partial charge on any atom is -0.366 e. The lowest BCUT2D eigenvalue weighted by Crippen LogP contribution is -2.43. The van der Waals surface area contributed by atoms with Crippen molar-refractivity contribution in [2.45, 2.75) is 25.9 Å². The maximum absolute atomic E-state index is 12.0. The molecule has 1 aliphatic rings. The molecule has 0 fully saturated rings. The Balaban J connectivity index is 1.55. The standard InChI is InChI=1S/C18H21N3O2/c1-14(21-11-9-15-6-2-3-7-16(15)21)12-19-17(22)13-20-10-5-4-8-18(20)23/h2-8,10,14H,9,11-13H2,1H3,(H,19,22). The molecule has 0 spiro atoms. The van der Waals surface area contributed by atoms with Gasteiger partial charge in [-0.05, 0) is 31.0 Å². The number of rotatable bonds is 5. The third-order valence-corrected chi connectivity index (χ3v) is 4.26. The number of carbonyl (C=O) groups excluding carboxylic acids is 1. The number of fused-ring (bicyclic) bond motifs is 1. The average Bonchev–Trinajstić information content (AvgIpc) is 2.99. The van der Waals surface area contributed by atoms with E-state index in [0.717, 1.165) is 13.0 Å². The van der Waals surface area contributed by atoms with Crippen molar-refractivity contribution in [1.29, 1.82) is 0 Å². The summed E-state index contributed by atoms with van der Waals surface area (Å²) in [5.74, 6) is -0.141. The van der Waals surface area contributed by atoms with Crippen molar-refractivity contribution in [1.82, 2.24) is 9.88 Å². The summed E-state index contributed by atoms with van der Waals surface area (Å²) < 4.78 is 1.41. The predicted octanol–water partition coefficient (Wildman–Crippen LogP) is 1.42. The smallest absolute Gasteiger partial charge is 0.250 e. The molecular weight excluding hydrogens is 290 g/mol. The van der Waals surface area contributed by atoms with Crippen LogP contribution in [-0.2, 0) is 17.8 Å². The lowest BCUT2D eigenvalue weighted by Gasteiger charge is -2.27. The van der Waals surface area contributed by atoms with E-state index < -0.39 is 0 Å². The molecule has 0 saturated heterocycles. The van der Waals surface area contributed by atoms with E-state index in [1.165, 1.54) is 21.9 Å². The van der Waals surface area contributed by atoms with Gasteiger partial charge in [0.2, 0.25) is 5.91 Å². The summed E-state index contributed by atoms with van der Waals surface area (Å²) in [4.78, 5) is 26.0. The number of amides is 1. The minimum atomic E-state index is -0.163. The highest BCUT2D eigenvalue weighted by molar-refractivity contribution is 5.75. The molecule has 1 unspecified atom stereocenters. The molecular formula is C18H21N3O2. The normalized spacial score (nSPS) is 14.4. The van der Waals surface area contributed by atoms with Gasteiger partial charge < -0.3 is 14.8 Å². The molecule has 1 aromatic heterocycles. The molecule has 5 nitrogen and oxygen atoms in total. The molecule has 0 radical (unpaired) electrons. The maximum atomic E-state index is 12.0. The van der Waals surface area contributed by atoms with Gasteiger partial charge in [-0.1, -0.05) is 24.3 Å². The van der Waals surface area contributed by atoms with Gasteiger partial charge in [0.25, 0.3) is 5.56 Å². The first kappa shape index (κ1) is 15.3. The van der Waals surface area contributed by atoms with E-state index in [1.54, 1.807) is 18.3 Å². The first-order chi connectivity index (χ1) is 11.1. The fourth-order valence-electron chi connectivity index (χ4n) is 3.00. The van der Waals surface area contributed by atoms with Crippen molar-refractivity contribution >= 4 is 11.6 Å². The number of hydrogen-bond donors (Lipinski definition) is 1. The zero-order chi connectivity index (χ0) is 16.2. The van der Waals surface area contributed by atoms with E-state index in [1.807, 2.05) is 6.07 Å². The second-order valence-corrected chi connectivity index (χ2v) is 5.89. The molecule has 5 heteroatoms. The van der Waals surface area contributed by atoms with Crippen LogP contribution in [0.25, 0.3) is 0 Å². The molecule has 1 atom stereocenters. The van der Waals surface area contributed by atoms with Crippen LogP contribution in [0.1, 0.15) is 12.5 Å². The zero-order valence-corrected chi connectivity index (χ0v) is 13.2. The molecule has 1 N–H and O–H groups in total. The Bertz CT molecular complexity index is 754. The van der Waals surface area contributed by atoms with Crippen molar-refractivity contribution in [3.05, 3.63) is 64.6 Å². The molecule has 2 heterocycles. The highest BCUT2D eigenvalue weighted by Crippen LogP contribution is 2.28. The number of nitrogens with zero attached hydrogens (tertiary/aromatic N) is 2. The van der Waals surface area contributed by atoms with E-state index in [0.29, 0.717) is 6.54 Å². The lowest BCUT2D eigenvalue weighted by molar-refractivity contribution is -0.121. The maximum Gasteiger partial charge on any atom is 0.250 e. The van der Waals surface area contributed by atoms with Gasteiger partial charge in [0, 0.05) is 37.1 Å².